The first kappa shape index (κ1) is 15.5. The van der Waals surface area contributed by atoms with E-state index < -0.39 is 0 Å². The van der Waals surface area contributed by atoms with Gasteiger partial charge in [-0.1, -0.05) is 24.3 Å². The van der Waals surface area contributed by atoms with E-state index in [9.17, 15) is 4.79 Å². The summed E-state index contributed by atoms with van der Waals surface area (Å²) in [4.78, 5) is 28.2. The number of aromatic nitrogens is 5. The van der Waals surface area contributed by atoms with Gasteiger partial charge in [0, 0.05) is 47.3 Å². The molecule has 27 heavy (non-hydrogen) atoms. The summed E-state index contributed by atoms with van der Waals surface area (Å²) in [7, 11) is 0. The van der Waals surface area contributed by atoms with E-state index in [1.54, 1.807) is 29.4 Å². The summed E-state index contributed by atoms with van der Waals surface area (Å²) in [6, 6.07) is 13.9. The minimum atomic E-state index is -0.180. The molecule has 0 spiro atoms. The first-order valence-corrected chi connectivity index (χ1v) is 8.60. The molecule has 0 bridgehead atoms. The highest BCUT2D eigenvalue weighted by Gasteiger charge is 2.13. The SMILES string of the molecule is O=c1[nH]c2ncc3ccc(-c4cccnc4)cc3c2n1Cc1cccnc1. The number of pyridine rings is 3. The Morgan fingerprint density at radius 2 is 1.78 bits per heavy atom. The lowest BCUT2D eigenvalue weighted by molar-refractivity contribution is 0.785. The molecule has 0 radical (unpaired) electrons. The van der Waals surface area contributed by atoms with Crippen LogP contribution < -0.4 is 5.69 Å². The molecule has 0 aliphatic carbocycles. The monoisotopic (exact) mass is 353 g/mol. The second-order valence-corrected chi connectivity index (χ2v) is 6.38. The van der Waals surface area contributed by atoms with Gasteiger partial charge in [-0.25, -0.2) is 9.78 Å². The topological polar surface area (TPSA) is 76.5 Å². The third kappa shape index (κ3) is 2.67. The summed E-state index contributed by atoms with van der Waals surface area (Å²) < 4.78 is 1.72. The lowest BCUT2D eigenvalue weighted by Crippen LogP contribution is -2.17. The van der Waals surface area contributed by atoms with Crippen LogP contribution in [0.25, 0.3) is 33.1 Å². The fourth-order valence-electron chi connectivity index (χ4n) is 3.37. The molecule has 0 atom stereocenters. The maximum atomic E-state index is 12.6. The molecular weight excluding hydrogens is 338 g/mol. The van der Waals surface area contributed by atoms with Crippen LogP contribution in [0.5, 0.6) is 0 Å². The maximum absolute atomic E-state index is 12.6. The molecule has 130 valence electrons. The van der Waals surface area contributed by atoms with Crippen molar-refractivity contribution in [3.05, 3.63) is 89.5 Å². The van der Waals surface area contributed by atoms with Crippen LogP contribution in [0.15, 0.2) is 78.2 Å². The number of H-pyrrole nitrogens is 1. The van der Waals surface area contributed by atoms with Gasteiger partial charge < -0.3 is 0 Å². The number of hydrogen-bond donors (Lipinski definition) is 1. The molecule has 1 aromatic carbocycles. The van der Waals surface area contributed by atoms with Gasteiger partial charge >= 0.3 is 5.69 Å². The quantitative estimate of drug-likeness (QED) is 0.539. The van der Waals surface area contributed by atoms with E-state index in [1.165, 1.54) is 0 Å². The van der Waals surface area contributed by atoms with Gasteiger partial charge in [0.05, 0.1) is 12.1 Å². The molecule has 0 fully saturated rings. The molecule has 0 saturated carbocycles. The number of rotatable bonds is 3. The Morgan fingerprint density at radius 3 is 2.56 bits per heavy atom. The van der Waals surface area contributed by atoms with Crippen molar-refractivity contribution in [2.45, 2.75) is 6.54 Å². The van der Waals surface area contributed by atoms with E-state index in [2.05, 4.69) is 26.0 Å². The van der Waals surface area contributed by atoms with Gasteiger partial charge in [-0.15, -0.1) is 0 Å². The summed E-state index contributed by atoms with van der Waals surface area (Å²) in [5.74, 6) is 0. The Morgan fingerprint density at radius 1 is 0.926 bits per heavy atom. The molecule has 0 unspecified atom stereocenters. The summed E-state index contributed by atoms with van der Waals surface area (Å²) in [5.41, 5.74) is 4.24. The van der Waals surface area contributed by atoms with Crippen molar-refractivity contribution >= 4 is 21.9 Å². The smallest absolute Gasteiger partial charge is 0.290 e. The van der Waals surface area contributed by atoms with Crippen LogP contribution in [0.1, 0.15) is 5.56 Å². The van der Waals surface area contributed by atoms with Gasteiger partial charge in [-0.05, 0) is 29.3 Å². The van der Waals surface area contributed by atoms with Crippen LogP contribution in [0.4, 0.5) is 0 Å². The Balaban J connectivity index is 1.76. The van der Waals surface area contributed by atoms with E-state index in [0.717, 1.165) is 33.0 Å². The minimum absolute atomic E-state index is 0.180. The molecule has 0 aliphatic rings. The molecule has 6 nitrogen and oxygen atoms in total. The van der Waals surface area contributed by atoms with E-state index in [4.69, 9.17) is 0 Å². The molecule has 0 amide bonds. The van der Waals surface area contributed by atoms with Crippen LogP contribution in [0.3, 0.4) is 0 Å². The van der Waals surface area contributed by atoms with E-state index in [0.29, 0.717) is 12.2 Å². The van der Waals surface area contributed by atoms with Gasteiger partial charge in [-0.2, -0.15) is 0 Å². The van der Waals surface area contributed by atoms with Crippen molar-refractivity contribution in [2.75, 3.05) is 0 Å². The highest BCUT2D eigenvalue weighted by molar-refractivity contribution is 6.04. The van der Waals surface area contributed by atoms with Crippen LogP contribution in [-0.2, 0) is 6.54 Å². The highest BCUT2D eigenvalue weighted by atomic mass is 16.1. The number of nitrogens with one attached hydrogen (secondary N) is 1. The fourth-order valence-corrected chi connectivity index (χ4v) is 3.37. The van der Waals surface area contributed by atoms with Gasteiger partial charge in [0.2, 0.25) is 0 Å². The number of fused-ring (bicyclic) bond motifs is 3. The molecule has 4 heterocycles. The third-order valence-corrected chi connectivity index (χ3v) is 4.66. The van der Waals surface area contributed by atoms with Crippen molar-refractivity contribution in [3.8, 4) is 11.1 Å². The second-order valence-electron chi connectivity index (χ2n) is 6.38. The first-order valence-electron chi connectivity index (χ1n) is 8.60. The summed E-state index contributed by atoms with van der Waals surface area (Å²) in [6.45, 7) is 0.435. The zero-order chi connectivity index (χ0) is 18.2. The number of aromatic amines is 1. The van der Waals surface area contributed by atoms with Crippen molar-refractivity contribution in [1.82, 2.24) is 24.5 Å². The molecule has 4 aromatic heterocycles. The second kappa shape index (κ2) is 6.17. The average molecular weight is 353 g/mol. The predicted octanol–water partition coefficient (Wildman–Crippen LogP) is 3.38. The van der Waals surface area contributed by atoms with Crippen LogP contribution in [0.2, 0.25) is 0 Å². The van der Waals surface area contributed by atoms with Crippen molar-refractivity contribution in [3.63, 3.8) is 0 Å². The molecule has 5 rings (SSSR count). The van der Waals surface area contributed by atoms with Crippen molar-refractivity contribution in [1.29, 1.82) is 0 Å². The fraction of sp³-hybridized carbons (Fsp3) is 0.0476. The van der Waals surface area contributed by atoms with Gasteiger partial charge in [0.15, 0.2) is 5.65 Å². The third-order valence-electron chi connectivity index (χ3n) is 4.66. The van der Waals surface area contributed by atoms with Crippen molar-refractivity contribution in [2.24, 2.45) is 0 Å². The first-order chi connectivity index (χ1) is 13.3. The van der Waals surface area contributed by atoms with Crippen molar-refractivity contribution < 1.29 is 0 Å². The lowest BCUT2D eigenvalue weighted by Gasteiger charge is -2.08. The lowest BCUT2D eigenvalue weighted by atomic mass is 10.0. The molecule has 6 heteroatoms. The Labute approximate surface area is 154 Å². The molecule has 5 aromatic rings. The summed E-state index contributed by atoms with van der Waals surface area (Å²) in [6.07, 6.45) is 8.86. The Kier molecular flexibility index (Phi) is 3.53. The Bertz CT molecular complexity index is 1310. The molecular formula is C21H15N5O. The Hall–Kier alpha value is -3.80. The average Bonchev–Trinajstić information content (AvgIpc) is 3.04. The minimum Gasteiger partial charge on any atom is -0.290 e. The van der Waals surface area contributed by atoms with Crippen LogP contribution in [0, 0.1) is 0 Å². The largest absolute Gasteiger partial charge is 0.328 e. The molecule has 0 aliphatic heterocycles. The number of nitrogens with zero attached hydrogens (tertiary/aromatic N) is 4. The standard InChI is InChI=1S/C21H15N5O/c27-21-25-20-19(26(21)13-14-3-1-7-22-10-14)18-9-15(5-6-17(18)12-24-20)16-4-2-8-23-11-16/h1-12H,13H2,(H,24,25,27). The number of benzene rings is 1. The van der Waals surface area contributed by atoms with Gasteiger partial charge in [0.25, 0.3) is 0 Å². The normalized spacial score (nSPS) is 11.3. The maximum Gasteiger partial charge on any atom is 0.328 e. The van der Waals surface area contributed by atoms with Gasteiger partial charge in [0.1, 0.15) is 0 Å². The van der Waals surface area contributed by atoms with E-state index >= 15 is 0 Å². The summed E-state index contributed by atoms with van der Waals surface area (Å²) in [5, 5.41) is 1.96. The number of hydrogen-bond acceptors (Lipinski definition) is 4. The molecule has 1 N–H and O–H groups in total. The zero-order valence-electron chi connectivity index (χ0n) is 14.3. The van der Waals surface area contributed by atoms with Crippen LogP contribution in [-0.4, -0.2) is 24.5 Å². The molecule has 0 saturated heterocycles. The van der Waals surface area contributed by atoms with E-state index in [-0.39, 0.29) is 5.69 Å². The van der Waals surface area contributed by atoms with Gasteiger partial charge in [-0.3, -0.25) is 19.5 Å². The van der Waals surface area contributed by atoms with Crippen LogP contribution >= 0.6 is 0 Å². The highest BCUT2D eigenvalue weighted by Crippen LogP contribution is 2.28. The summed E-state index contributed by atoms with van der Waals surface area (Å²) >= 11 is 0. The zero-order valence-corrected chi connectivity index (χ0v) is 14.3. The van der Waals surface area contributed by atoms with E-state index in [1.807, 2.05) is 42.6 Å². The number of imidazole rings is 1. The predicted molar refractivity (Wildman–Crippen MR) is 104 cm³/mol.